The summed E-state index contributed by atoms with van der Waals surface area (Å²) in [6, 6.07) is 4.40. The van der Waals surface area contributed by atoms with Crippen molar-refractivity contribution in [2.45, 2.75) is 25.9 Å². The monoisotopic (exact) mass is 222 g/mol. The second kappa shape index (κ2) is 3.69. The van der Waals surface area contributed by atoms with Gasteiger partial charge in [0.2, 0.25) is 0 Å². The van der Waals surface area contributed by atoms with Crippen LogP contribution < -0.4 is 10.2 Å². The topological polar surface area (TPSA) is 15.3 Å². The van der Waals surface area contributed by atoms with Gasteiger partial charge in [-0.25, -0.2) is 0 Å². The van der Waals surface area contributed by atoms with Gasteiger partial charge in [0.15, 0.2) is 0 Å². The SMILES string of the molecule is Clc1cc2c(cc1N1CCCC1)CNC2. The van der Waals surface area contributed by atoms with Crippen molar-refractivity contribution in [1.29, 1.82) is 0 Å². The van der Waals surface area contributed by atoms with Gasteiger partial charge in [0, 0.05) is 26.2 Å². The van der Waals surface area contributed by atoms with Crippen molar-refractivity contribution in [3.8, 4) is 0 Å². The molecular formula is C12H15ClN2. The first-order valence-electron chi connectivity index (χ1n) is 5.61. The third-order valence-corrected chi connectivity index (χ3v) is 3.65. The van der Waals surface area contributed by atoms with Gasteiger partial charge in [-0.05, 0) is 36.1 Å². The Labute approximate surface area is 95.2 Å². The number of rotatable bonds is 1. The largest absolute Gasteiger partial charge is 0.370 e. The lowest BCUT2D eigenvalue weighted by Crippen LogP contribution is -2.18. The molecule has 1 N–H and O–H groups in total. The second-order valence-corrected chi connectivity index (χ2v) is 4.78. The minimum absolute atomic E-state index is 0.916. The van der Waals surface area contributed by atoms with Gasteiger partial charge in [0.1, 0.15) is 0 Å². The van der Waals surface area contributed by atoms with Gasteiger partial charge in [-0.3, -0.25) is 0 Å². The van der Waals surface area contributed by atoms with Crippen LogP contribution in [0.3, 0.4) is 0 Å². The lowest BCUT2D eigenvalue weighted by atomic mass is 10.1. The van der Waals surface area contributed by atoms with Crippen LogP contribution in [0.15, 0.2) is 12.1 Å². The van der Waals surface area contributed by atoms with E-state index in [1.54, 1.807) is 0 Å². The lowest BCUT2D eigenvalue weighted by Gasteiger charge is -2.20. The number of anilines is 1. The number of fused-ring (bicyclic) bond motifs is 1. The highest BCUT2D eigenvalue weighted by Crippen LogP contribution is 2.33. The molecule has 3 heteroatoms. The quantitative estimate of drug-likeness (QED) is 0.786. The fraction of sp³-hybridized carbons (Fsp3) is 0.500. The lowest BCUT2D eigenvalue weighted by molar-refractivity contribution is 0.764. The number of nitrogens with one attached hydrogen (secondary N) is 1. The van der Waals surface area contributed by atoms with Crippen LogP contribution in [0.25, 0.3) is 0 Å². The molecule has 80 valence electrons. The van der Waals surface area contributed by atoms with Gasteiger partial charge in [-0.1, -0.05) is 11.6 Å². The molecule has 0 spiro atoms. The molecule has 1 fully saturated rings. The van der Waals surface area contributed by atoms with Gasteiger partial charge >= 0.3 is 0 Å². The molecule has 1 aromatic carbocycles. The van der Waals surface area contributed by atoms with E-state index in [4.69, 9.17) is 11.6 Å². The zero-order chi connectivity index (χ0) is 10.3. The predicted molar refractivity (Wildman–Crippen MR) is 63.4 cm³/mol. The standard InChI is InChI=1S/C12H15ClN2/c13-11-5-9-7-14-8-10(9)6-12(11)15-3-1-2-4-15/h5-6,14H,1-4,7-8H2. The molecule has 0 saturated carbocycles. The van der Waals surface area contributed by atoms with Crippen LogP contribution in [-0.4, -0.2) is 13.1 Å². The molecule has 15 heavy (non-hydrogen) atoms. The molecule has 0 aliphatic carbocycles. The minimum atomic E-state index is 0.916. The van der Waals surface area contributed by atoms with Crippen LogP contribution >= 0.6 is 11.6 Å². The number of halogens is 1. The second-order valence-electron chi connectivity index (χ2n) is 4.37. The Morgan fingerprint density at radius 1 is 1.07 bits per heavy atom. The van der Waals surface area contributed by atoms with Crippen molar-refractivity contribution in [2.75, 3.05) is 18.0 Å². The van der Waals surface area contributed by atoms with Gasteiger partial charge < -0.3 is 10.2 Å². The molecule has 0 aromatic heterocycles. The first-order chi connectivity index (χ1) is 7.34. The maximum absolute atomic E-state index is 6.32. The Hall–Kier alpha value is -0.730. The van der Waals surface area contributed by atoms with Crippen molar-refractivity contribution >= 4 is 17.3 Å². The van der Waals surface area contributed by atoms with Gasteiger partial charge in [0.25, 0.3) is 0 Å². The molecule has 0 radical (unpaired) electrons. The summed E-state index contributed by atoms with van der Waals surface area (Å²) < 4.78 is 0. The first kappa shape index (κ1) is 9.49. The highest BCUT2D eigenvalue weighted by Gasteiger charge is 2.19. The van der Waals surface area contributed by atoms with Gasteiger partial charge in [-0.2, -0.15) is 0 Å². The van der Waals surface area contributed by atoms with Crippen LogP contribution in [0.2, 0.25) is 5.02 Å². The molecular weight excluding hydrogens is 208 g/mol. The third kappa shape index (κ3) is 1.62. The summed E-state index contributed by atoms with van der Waals surface area (Å²) in [6.07, 6.45) is 2.59. The average Bonchev–Trinajstić information content (AvgIpc) is 2.85. The summed E-state index contributed by atoms with van der Waals surface area (Å²) in [7, 11) is 0. The predicted octanol–water partition coefficient (Wildman–Crippen LogP) is 2.54. The molecule has 2 nitrogen and oxygen atoms in total. The Kier molecular flexibility index (Phi) is 2.33. The van der Waals surface area contributed by atoms with Crippen LogP contribution in [0.4, 0.5) is 5.69 Å². The van der Waals surface area contributed by atoms with Crippen molar-refractivity contribution in [3.63, 3.8) is 0 Å². The Morgan fingerprint density at radius 3 is 2.47 bits per heavy atom. The van der Waals surface area contributed by atoms with Crippen molar-refractivity contribution in [3.05, 3.63) is 28.3 Å². The average molecular weight is 223 g/mol. The number of benzene rings is 1. The molecule has 2 aliphatic rings. The normalized spacial score (nSPS) is 19.7. The first-order valence-corrected chi connectivity index (χ1v) is 5.99. The Balaban J connectivity index is 2.00. The summed E-state index contributed by atoms with van der Waals surface area (Å²) in [6.45, 7) is 4.28. The van der Waals surface area contributed by atoms with E-state index in [-0.39, 0.29) is 0 Å². The van der Waals surface area contributed by atoms with E-state index < -0.39 is 0 Å². The van der Waals surface area contributed by atoms with Crippen molar-refractivity contribution < 1.29 is 0 Å². The van der Waals surface area contributed by atoms with E-state index in [1.165, 1.54) is 29.7 Å². The van der Waals surface area contributed by atoms with Crippen LogP contribution in [0.1, 0.15) is 24.0 Å². The van der Waals surface area contributed by atoms with E-state index >= 15 is 0 Å². The van der Waals surface area contributed by atoms with Crippen LogP contribution in [0, 0.1) is 0 Å². The maximum Gasteiger partial charge on any atom is 0.0643 e. The molecule has 0 amide bonds. The maximum atomic E-state index is 6.32. The third-order valence-electron chi connectivity index (χ3n) is 3.35. The van der Waals surface area contributed by atoms with E-state index in [0.29, 0.717) is 0 Å². The summed E-state index contributed by atoms with van der Waals surface area (Å²) >= 11 is 6.32. The van der Waals surface area contributed by atoms with Gasteiger partial charge in [-0.15, -0.1) is 0 Å². The molecule has 2 aliphatic heterocycles. The fourth-order valence-electron chi connectivity index (χ4n) is 2.51. The van der Waals surface area contributed by atoms with Crippen LogP contribution in [-0.2, 0) is 13.1 Å². The Morgan fingerprint density at radius 2 is 1.73 bits per heavy atom. The van der Waals surface area contributed by atoms with E-state index in [2.05, 4.69) is 22.3 Å². The summed E-state index contributed by atoms with van der Waals surface area (Å²) in [4.78, 5) is 2.40. The fourth-order valence-corrected chi connectivity index (χ4v) is 2.81. The van der Waals surface area contributed by atoms with Crippen molar-refractivity contribution in [1.82, 2.24) is 5.32 Å². The smallest absolute Gasteiger partial charge is 0.0643 e. The summed E-state index contributed by atoms with van der Waals surface area (Å²) in [5, 5.41) is 4.27. The number of hydrogen-bond donors (Lipinski definition) is 1. The Bertz CT molecular complexity index is 383. The molecule has 1 aromatic rings. The molecule has 0 bridgehead atoms. The molecule has 1 saturated heterocycles. The minimum Gasteiger partial charge on any atom is -0.370 e. The molecule has 3 rings (SSSR count). The zero-order valence-electron chi connectivity index (χ0n) is 8.72. The zero-order valence-corrected chi connectivity index (χ0v) is 9.48. The van der Waals surface area contributed by atoms with Crippen molar-refractivity contribution in [2.24, 2.45) is 0 Å². The molecule has 0 unspecified atom stereocenters. The summed E-state index contributed by atoms with van der Waals surface area (Å²) in [5.74, 6) is 0. The van der Waals surface area contributed by atoms with E-state index in [9.17, 15) is 0 Å². The molecule has 0 atom stereocenters. The highest BCUT2D eigenvalue weighted by molar-refractivity contribution is 6.33. The highest BCUT2D eigenvalue weighted by atomic mass is 35.5. The van der Waals surface area contributed by atoms with Crippen LogP contribution in [0.5, 0.6) is 0 Å². The summed E-state index contributed by atoms with van der Waals surface area (Å²) in [5.41, 5.74) is 4.01. The molecule has 2 heterocycles. The number of nitrogens with zero attached hydrogens (tertiary/aromatic N) is 1. The number of hydrogen-bond acceptors (Lipinski definition) is 2. The van der Waals surface area contributed by atoms with Gasteiger partial charge in [0.05, 0.1) is 10.7 Å². The van der Waals surface area contributed by atoms with E-state index in [1.807, 2.05) is 0 Å². The van der Waals surface area contributed by atoms with E-state index in [0.717, 1.165) is 31.2 Å².